The molecule has 0 bridgehead atoms. The van der Waals surface area contributed by atoms with Crippen LogP contribution in [0.25, 0.3) is 32.8 Å². The number of carbonyl (C=O) groups excluding carboxylic acids is 1. The summed E-state index contributed by atoms with van der Waals surface area (Å²) in [6.07, 6.45) is 1.68. The Labute approximate surface area is 160 Å². The summed E-state index contributed by atoms with van der Waals surface area (Å²) in [5, 5.41) is 5.80. The number of benzene rings is 3. The molecule has 28 heavy (non-hydrogen) atoms. The van der Waals surface area contributed by atoms with E-state index in [1.807, 2.05) is 54.6 Å². The van der Waals surface area contributed by atoms with Crippen LogP contribution in [0.15, 0.2) is 77.3 Å². The minimum absolute atomic E-state index is 0.252. The van der Waals surface area contributed by atoms with Crippen molar-refractivity contribution in [3.05, 3.63) is 78.5 Å². The summed E-state index contributed by atoms with van der Waals surface area (Å²) in [6.45, 7) is 0. The predicted molar refractivity (Wildman–Crippen MR) is 110 cm³/mol. The number of nitrogens with one attached hydrogen (secondary N) is 1. The van der Waals surface area contributed by atoms with Gasteiger partial charge in [0.1, 0.15) is 16.9 Å². The van der Waals surface area contributed by atoms with Gasteiger partial charge in [-0.05, 0) is 24.3 Å². The largest absolute Gasteiger partial charge is 0.495 e. The second kappa shape index (κ2) is 6.39. The van der Waals surface area contributed by atoms with Crippen LogP contribution in [-0.4, -0.2) is 18.0 Å². The fourth-order valence-electron chi connectivity index (χ4n) is 3.50. The summed E-state index contributed by atoms with van der Waals surface area (Å²) in [6, 6.07) is 20.8. The molecule has 1 amide bonds. The number of amides is 1. The molecule has 2 aromatic heterocycles. The first-order valence-electron chi connectivity index (χ1n) is 8.89. The van der Waals surface area contributed by atoms with Crippen LogP contribution < -0.4 is 10.1 Å². The normalized spacial score (nSPS) is 11.2. The summed E-state index contributed by atoms with van der Waals surface area (Å²) in [5.41, 5.74) is 3.19. The average molecular weight is 368 g/mol. The summed E-state index contributed by atoms with van der Waals surface area (Å²) >= 11 is 0. The molecule has 0 aliphatic heterocycles. The Morgan fingerprint density at radius 2 is 1.82 bits per heavy atom. The van der Waals surface area contributed by atoms with Gasteiger partial charge in [0.25, 0.3) is 5.91 Å². The third-order valence-corrected chi connectivity index (χ3v) is 4.82. The number of nitrogens with zero attached hydrogens (tertiary/aromatic N) is 1. The number of methoxy groups -OCH3 is 1. The van der Waals surface area contributed by atoms with Gasteiger partial charge in [-0.3, -0.25) is 9.78 Å². The fraction of sp³-hybridized carbons (Fsp3) is 0.0435. The molecule has 2 heterocycles. The number of hydrogen-bond donors (Lipinski definition) is 1. The van der Waals surface area contributed by atoms with E-state index in [0.29, 0.717) is 28.1 Å². The second-order valence-corrected chi connectivity index (χ2v) is 6.48. The molecule has 0 spiro atoms. The highest BCUT2D eigenvalue weighted by molar-refractivity contribution is 6.14. The van der Waals surface area contributed by atoms with Crippen LogP contribution in [0.3, 0.4) is 0 Å². The van der Waals surface area contributed by atoms with Crippen molar-refractivity contribution in [1.29, 1.82) is 0 Å². The Balaban J connectivity index is 1.60. The predicted octanol–water partition coefficient (Wildman–Crippen LogP) is 5.40. The van der Waals surface area contributed by atoms with E-state index < -0.39 is 0 Å². The number of fused-ring (bicyclic) bond motifs is 4. The van der Waals surface area contributed by atoms with Gasteiger partial charge in [-0.25, -0.2) is 0 Å². The van der Waals surface area contributed by atoms with Crippen molar-refractivity contribution in [2.24, 2.45) is 0 Å². The number of furan rings is 1. The lowest BCUT2D eigenvalue weighted by atomic mass is 10.1. The zero-order valence-corrected chi connectivity index (χ0v) is 15.1. The zero-order chi connectivity index (χ0) is 19.1. The monoisotopic (exact) mass is 368 g/mol. The van der Waals surface area contributed by atoms with Crippen LogP contribution >= 0.6 is 0 Å². The first kappa shape index (κ1) is 16.3. The smallest absolute Gasteiger partial charge is 0.257 e. The van der Waals surface area contributed by atoms with E-state index in [2.05, 4.69) is 10.3 Å². The van der Waals surface area contributed by atoms with E-state index in [1.54, 1.807) is 25.4 Å². The van der Waals surface area contributed by atoms with E-state index in [0.717, 1.165) is 21.7 Å². The molecule has 0 aliphatic rings. The van der Waals surface area contributed by atoms with Crippen LogP contribution in [0.4, 0.5) is 5.69 Å². The Hall–Kier alpha value is -3.86. The number of aromatic nitrogens is 1. The minimum atomic E-state index is -0.252. The van der Waals surface area contributed by atoms with E-state index in [9.17, 15) is 4.79 Å². The van der Waals surface area contributed by atoms with Crippen molar-refractivity contribution in [3.8, 4) is 5.75 Å². The van der Waals surface area contributed by atoms with Crippen LogP contribution in [0, 0.1) is 0 Å². The lowest BCUT2D eigenvalue weighted by molar-refractivity contribution is 0.102. The highest BCUT2D eigenvalue weighted by Crippen LogP contribution is 2.36. The topological polar surface area (TPSA) is 64.4 Å². The molecule has 0 atom stereocenters. The van der Waals surface area contributed by atoms with Gasteiger partial charge in [0.2, 0.25) is 0 Å². The number of pyridine rings is 1. The van der Waals surface area contributed by atoms with Crippen LogP contribution in [0.2, 0.25) is 0 Å². The highest BCUT2D eigenvalue weighted by Gasteiger charge is 2.16. The summed E-state index contributed by atoms with van der Waals surface area (Å²) in [4.78, 5) is 17.3. The first-order valence-corrected chi connectivity index (χ1v) is 8.89. The Morgan fingerprint density at radius 3 is 2.71 bits per heavy atom. The van der Waals surface area contributed by atoms with Crippen LogP contribution in [0.1, 0.15) is 10.4 Å². The van der Waals surface area contributed by atoms with E-state index >= 15 is 0 Å². The standard InChI is InChI=1S/C23H16N2O3/c1-27-21-12-17-15-8-2-3-10-19(15)28-20(17)13-18(21)25-23(26)16-9-4-6-14-7-5-11-24-22(14)16/h2-13H,1H3,(H,25,26). The maximum absolute atomic E-state index is 13.0. The second-order valence-electron chi connectivity index (χ2n) is 6.48. The molecule has 3 aromatic carbocycles. The zero-order valence-electron chi connectivity index (χ0n) is 15.1. The summed E-state index contributed by atoms with van der Waals surface area (Å²) in [7, 11) is 1.58. The molecular weight excluding hydrogens is 352 g/mol. The molecule has 1 N–H and O–H groups in total. The summed E-state index contributed by atoms with van der Waals surface area (Å²) in [5.74, 6) is 0.318. The molecule has 5 rings (SSSR count). The number of ether oxygens (including phenoxy) is 1. The molecule has 0 saturated heterocycles. The van der Waals surface area contributed by atoms with Gasteiger partial charge in [0.05, 0.1) is 23.9 Å². The lowest BCUT2D eigenvalue weighted by Crippen LogP contribution is -2.13. The Morgan fingerprint density at radius 1 is 0.964 bits per heavy atom. The summed E-state index contributed by atoms with van der Waals surface area (Å²) < 4.78 is 11.5. The number of rotatable bonds is 3. The molecule has 0 radical (unpaired) electrons. The van der Waals surface area contributed by atoms with Crippen molar-refractivity contribution in [3.63, 3.8) is 0 Å². The Bertz CT molecular complexity index is 1350. The number of hydrogen-bond acceptors (Lipinski definition) is 4. The van der Waals surface area contributed by atoms with Gasteiger partial charge in [-0.2, -0.15) is 0 Å². The molecule has 5 aromatic rings. The highest BCUT2D eigenvalue weighted by atomic mass is 16.5. The maximum Gasteiger partial charge on any atom is 0.257 e. The molecule has 136 valence electrons. The number of anilines is 1. The quantitative estimate of drug-likeness (QED) is 0.463. The van der Waals surface area contributed by atoms with Crippen LogP contribution in [-0.2, 0) is 0 Å². The average Bonchev–Trinajstić information content (AvgIpc) is 3.10. The molecule has 5 nitrogen and oxygen atoms in total. The SMILES string of the molecule is COc1cc2c(cc1NC(=O)c1cccc3cccnc13)oc1ccccc12. The van der Waals surface area contributed by atoms with Gasteiger partial charge in [0.15, 0.2) is 0 Å². The Kier molecular flexibility index (Phi) is 3.72. The van der Waals surface area contributed by atoms with E-state index in [1.165, 1.54) is 0 Å². The van der Waals surface area contributed by atoms with Gasteiger partial charge in [0, 0.05) is 28.4 Å². The molecule has 0 aliphatic carbocycles. The lowest BCUT2D eigenvalue weighted by Gasteiger charge is -2.11. The van der Waals surface area contributed by atoms with Crippen molar-refractivity contribution in [2.45, 2.75) is 0 Å². The van der Waals surface area contributed by atoms with Crippen molar-refractivity contribution < 1.29 is 13.9 Å². The van der Waals surface area contributed by atoms with Gasteiger partial charge >= 0.3 is 0 Å². The van der Waals surface area contributed by atoms with Crippen molar-refractivity contribution >= 4 is 44.4 Å². The molecule has 0 unspecified atom stereocenters. The molecule has 0 saturated carbocycles. The first-order chi connectivity index (χ1) is 13.7. The number of para-hydroxylation sites is 2. The van der Waals surface area contributed by atoms with Crippen LogP contribution in [0.5, 0.6) is 5.75 Å². The molecular formula is C23H16N2O3. The number of carbonyl (C=O) groups is 1. The van der Waals surface area contributed by atoms with Crippen molar-refractivity contribution in [2.75, 3.05) is 12.4 Å². The van der Waals surface area contributed by atoms with E-state index in [-0.39, 0.29) is 5.91 Å². The van der Waals surface area contributed by atoms with Gasteiger partial charge in [-0.15, -0.1) is 0 Å². The minimum Gasteiger partial charge on any atom is -0.495 e. The molecule has 5 heteroatoms. The molecule has 0 fully saturated rings. The van der Waals surface area contributed by atoms with Gasteiger partial charge in [-0.1, -0.05) is 36.4 Å². The third-order valence-electron chi connectivity index (χ3n) is 4.82. The van der Waals surface area contributed by atoms with E-state index in [4.69, 9.17) is 9.15 Å². The maximum atomic E-state index is 13.0. The fourth-order valence-corrected chi connectivity index (χ4v) is 3.50. The third kappa shape index (κ3) is 2.56. The van der Waals surface area contributed by atoms with Crippen molar-refractivity contribution in [1.82, 2.24) is 4.98 Å². The van der Waals surface area contributed by atoms with Gasteiger partial charge < -0.3 is 14.5 Å².